The highest BCUT2D eigenvalue weighted by Gasteiger charge is 2.32. The number of aromatic nitrogens is 2. The zero-order chi connectivity index (χ0) is 27.9. The molecule has 1 unspecified atom stereocenters. The van der Waals surface area contributed by atoms with Crippen molar-refractivity contribution in [1.82, 2.24) is 14.9 Å². The number of imidazole rings is 1. The van der Waals surface area contributed by atoms with E-state index in [-0.39, 0.29) is 17.4 Å². The van der Waals surface area contributed by atoms with Gasteiger partial charge in [0.2, 0.25) is 5.91 Å². The van der Waals surface area contributed by atoms with Crippen LogP contribution in [0, 0.1) is 5.41 Å². The van der Waals surface area contributed by atoms with Crippen molar-refractivity contribution in [2.45, 2.75) is 91.3 Å². The van der Waals surface area contributed by atoms with Gasteiger partial charge in [-0.25, -0.2) is 10.1 Å². The summed E-state index contributed by atoms with van der Waals surface area (Å²) in [5, 5.41) is 7.93. The maximum Gasteiger partial charge on any atom is 0.333 e. The minimum absolute atomic E-state index is 0.00157. The maximum absolute atomic E-state index is 12.4. The SMILES string of the molecule is CC1=C(/C=C/C(C)=C/C=C/C(C)=C/C(=O)NC2CCC(OS(N)(=O)=O)CC2)C(C)(C)CCC1n1ccnc1. The van der Waals surface area contributed by atoms with Crippen molar-refractivity contribution >= 4 is 16.2 Å². The Morgan fingerprint density at radius 2 is 1.87 bits per heavy atom. The second-order valence-corrected chi connectivity index (χ2v) is 12.3. The van der Waals surface area contributed by atoms with Crippen molar-refractivity contribution in [2.24, 2.45) is 10.6 Å². The molecule has 2 aliphatic carbocycles. The number of nitrogens with zero attached hydrogens (tertiary/aromatic N) is 2. The van der Waals surface area contributed by atoms with E-state index in [0.717, 1.165) is 24.0 Å². The van der Waals surface area contributed by atoms with Crippen molar-refractivity contribution in [1.29, 1.82) is 0 Å². The molecule has 208 valence electrons. The van der Waals surface area contributed by atoms with Crippen LogP contribution in [0.5, 0.6) is 0 Å². The van der Waals surface area contributed by atoms with Gasteiger partial charge in [-0.3, -0.25) is 8.98 Å². The fraction of sp³-hybridized carbons (Fsp3) is 0.517. The molecule has 1 fully saturated rings. The summed E-state index contributed by atoms with van der Waals surface area (Å²) in [6.45, 7) is 10.8. The van der Waals surface area contributed by atoms with Crippen LogP contribution in [-0.4, -0.2) is 36.0 Å². The maximum atomic E-state index is 12.4. The molecule has 3 rings (SSSR count). The number of rotatable bonds is 9. The number of hydrogen-bond acceptors (Lipinski definition) is 5. The quantitative estimate of drug-likeness (QED) is 0.328. The first-order valence-electron chi connectivity index (χ1n) is 13.3. The molecular formula is C29H42N4O4S. The zero-order valence-electron chi connectivity index (χ0n) is 23.2. The average molecular weight is 543 g/mol. The lowest BCUT2D eigenvalue weighted by molar-refractivity contribution is -0.117. The molecule has 0 saturated heterocycles. The van der Waals surface area contributed by atoms with E-state index in [4.69, 9.17) is 9.32 Å². The van der Waals surface area contributed by atoms with Crippen LogP contribution in [0.25, 0.3) is 0 Å². The van der Waals surface area contributed by atoms with Gasteiger partial charge in [0.1, 0.15) is 0 Å². The van der Waals surface area contributed by atoms with Gasteiger partial charge < -0.3 is 9.88 Å². The third kappa shape index (κ3) is 8.92. The second-order valence-electron chi connectivity index (χ2n) is 11.1. The lowest BCUT2D eigenvalue weighted by Crippen LogP contribution is -2.39. The predicted molar refractivity (Wildman–Crippen MR) is 151 cm³/mol. The van der Waals surface area contributed by atoms with E-state index in [9.17, 15) is 13.2 Å². The van der Waals surface area contributed by atoms with Crippen LogP contribution in [0.4, 0.5) is 0 Å². The number of amides is 1. The number of nitrogens with two attached hydrogens (primary N) is 1. The molecule has 1 saturated carbocycles. The first-order chi connectivity index (χ1) is 17.8. The molecule has 1 aromatic heterocycles. The van der Waals surface area contributed by atoms with Crippen LogP contribution in [0.1, 0.15) is 79.2 Å². The van der Waals surface area contributed by atoms with E-state index in [2.05, 4.69) is 54.7 Å². The van der Waals surface area contributed by atoms with E-state index in [0.29, 0.717) is 31.7 Å². The molecule has 0 bridgehead atoms. The van der Waals surface area contributed by atoms with E-state index in [1.54, 1.807) is 6.08 Å². The molecule has 0 aromatic carbocycles. The van der Waals surface area contributed by atoms with Gasteiger partial charge in [0.15, 0.2) is 0 Å². The largest absolute Gasteiger partial charge is 0.350 e. The minimum Gasteiger partial charge on any atom is -0.350 e. The monoisotopic (exact) mass is 542 g/mol. The molecule has 1 amide bonds. The molecule has 0 radical (unpaired) electrons. The molecule has 1 atom stereocenters. The minimum atomic E-state index is -3.94. The molecular weight excluding hydrogens is 500 g/mol. The lowest BCUT2D eigenvalue weighted by Gasteiger charge is -2.37. The van der Waals surface area contributed by atoms with Crippen LogP contribution < -0.4 is 10.5 Å². The third-order valence-electron chi connectivity index (χ3n) is 7.46. The Balaban J connectivity index is 1.54. The Morgan fingerprint density at radius 3 is 2.50 bits per heavy atom. The first kappa shape index (κ1) is 29.8. The fourth-order valence-corrected chi connectivity index (χ4v) is 5.93. The lowest BCUT2D eigenvalue weighted by atomic mass is 9.71. The van der Waals surface area contributed by atoms with Crippen LogP contribution in [0.15, 0.2) is 77.5 Å². The van der Waals surface area contributed by atoms with Crippen LogP contribution in [0.3, 0.4) is 0 Å². The van der Waals surface area contributed by atoms with Gasteiger partial charge in [-0.1, -0.05) is 49.8 Å². The molecule has 1 aromatic rings. The molecule has 38 heavy (non-hydrogen) atoms. The molecule has 0 spiro atoms. The summed E-state index contributed by atoms with van der Waals surface area (Å²) >= 11 is 0. The molecule has 3 N–H and O–H groups in total. The Labute approximate surface area is 227 Å². The van der Waals surface area contributed by atoms with Crippen molar-refractivity contribution in [3.63, 3.8) is 0 Å². The van der Waals surface area contributed by atoms with Gasteiger partial charge in [-0.05, 0) is 81.4 Å². The van der Waals surface area contributed by atoms with Crippen molar-refractivity contribution in [2.75, 3.05) is 0 Å². The van der Waals surface area contributed by atoms with E-state index < -0.39 is 16.4 Å². The number of carbonyl (C=O) groups is 1. The topological polar surface area (TPSA) is 116 Å². The summed E-state index contributed by atoms with van der Waals surface area (Å²) in [4.78, 5) is 16.6. The Morgan fingerprint density at radius 1 is 1.16 bits per heavy atom. The number of hydrogen-bond donors (Lipinski definition) is 2. The highest BCUT2D eigenvalue weighted by Crippen LogP contribution is 2.45. The number of carbonyl (C=O) groups excluding carboxylic acids is 1. The van der Waals surface area contributed by atoms with Crippen LogP contribution >= 0.6 is 0 Å². The Hall–Kier alpha value is -2.75. The molecule has 2 aliphatic rings. The standard InChI is InChI=1S/C29H42N4O4S/c1-21(9-14-26-23(3)27(15-16-29(26,4)5)33-18-17-31-20-33)7-6-8-22(2)19-28(34)32-24-10-12-25(13-11-24)37-38(30,35)36/h6-9,14,17-20,24-25,27H,10-13,15-16H2,1-5H3,(H,32,34)(H2,30,35,36)/b8-6+,14-9+,21-7+,22-19+. The van der Waals surface area contributed by atoms with Crippen molar-refractivity contribution in [3.8, 4) is 0 Å². The van der Waals surface area contributed by atoms with E-state index >= 15 is 0 Å². The van der Waals surface area contributed by atoms with Gasteiger partial charge >= 0.3 is 10.3 Å². The summed E-state index contributed by atoms with van der Waals surface area (Å²) < 4.78 is 29.2. The van der Waals surface area contributed by atoms with Crippen molar-refractivity contribution in [3.05, 3.63) is 77.5 Å². The summed E-state index contributed by atoms with van der Waals surface area (Å²) in [7, 11) is -3.94. The smallest absolute Gasteiger partial charge is 0.333 e. The van der Waals surface area contributed by atoms with E-state index in [1.165, 1.54) is 11.1 Å². The molecule has 9 heteroatoms. The molecule has 0 aliphatic heterocycles. The fourth-order valence-electron chi connectivity index (χ4n) is 5.36. The van der Waals surface area contributed by atoms with Gasteiger partial charge in [0, 0.05) is 24.5 Å². The van der Waals surface area contributed by atoms with Gasteiger partial charge in [0.25, 0.3) is 0 Å². The summed E-state index contributed by atoms with van der Waals surface area (Å²) in [5.41, 5.74) is 4.84. The number of allylic oxidation sites excluding steroid dienone is 9. The highest BCUT2D eigenvalue weighted by molar-refractivity contribution is 7.84. The Bertz CT molecular complexity index is 1230. The summed E-state index contributed by atoms with van der Waals surface area (Å²) in [6, 6.07) is 0.344. The first-order valence-corrected chi connectivity index (χ1v) is 14.7. The predicted octanol–water partition coefficient (Wildman–Crippen LogP) is 5.21. The van der Waals surface area contributed by atoms with Crippen LogP contribution in [-0.2, 0) is 19.3 Å². The highest BCUT2D eigenvalue weighted by atomic mass is 32.2. The normalized spacial score (nSPS) is 25.4. The van der Waals surface area contributed by atoms with Gasteiger partial charge in [0.05, 0.1) is 18.5 Å². The zero-order valence-corrected chi connectivity index (χ0v) is 24.0. The molecule has 8 nitrogen and oxygen atoms in total. The van der Waals surface area contributed by atoms with Gasteiger partial charge in [-0.2, -0.15) is 8.42 Å². The van der Waals surface area contributed by atoms with Crippen molar-refractivity contribution < 1.29 is 17.4 Å². The summed E-state index contributed by atoms with van der Waals surface area (Å²) in [6.07, 6.45) is 21.9. The van der Waals surface area contributed by atoms with Gasteiger partial charge in [-0.15, -0.1) is 0 Å². The summed E-state index contributed by atoms with van der Waals surface area (Å²) in [5.74, 6) is -0.155. The van der Waals surface area contributed by atoms with E-state index in [1.807, 2.05) is 43.9 Å². The number of nitrogens with one attached hydrogen (secondary N) is 1. The Kier molecular flexibility index (Phi) is 10.1. The molecule has 1 heterocycles. The average Bonchev–Trinajstić information content (AvgIpc) is 3.33. The third-order valence-corrected chi connectivity index (χ3v) is 8.00. The second kappa shape index (κ2) is 12.9. The van der Waals surface area contributed by atoms with Crippen LogP contribution in [0.2, 0.25) is 0 Å².